The lowest BCUT2D eigenvalue weighted by molar-refractivity contribution is -0.157. The minimum atomic E-state index is -1.67. The maximum atomic E-state index is 13.9. The SMILES string of the molecule is CC(C)[C@H](NC(=O)[C@H](CCC(=O)OC(C)(C)C)NC(=O)[C@H](CC(=O)OC(C)(C)C)NC(=O)CCC(=O)O)C(=O)N[C@@H](CC(=O)OC(C)(C)C)C(=O)N[C@H](C)C(N)=O. The first-order chi connectivity index (χ1) is 25.8. The van der Waals surface area contributed by atoms with Crippen LogP contribution in [0.15, 0.2) is 0 Å². The summed E-state index contributed by atoms with van der Waals surface area (Å²) in [6, 6.07) is -7.50. The fraction of sp³-hybridized carbons (Fsp3) is 0.730. The van der Waals surface area contributed by atoms with Gasteiger partial charge >= 0.3 is 23.9 Å². The molecule has 0 bridgehead atoms. The van der Waals surface area contributed by atoms with Crippen LogP contribution in [0.3, 0.4) is 0 Å². The van der Waals surface area contributed by atoms with E-state index in [0.717, 1.165) is 0 Å². The maximum Gasteiger partial charge on any atom is 0.308 e. The Morgan fingerprint density at radius 2 is 0.930 bits per heavy atom. The molecule has 0 radical (unpaired) electrons. The smallest absolute Gasteiger partial charge is 0.308 e. The molecule has 0 aromatic rings. The van der Waals surface area contributed by atoms with E-state index in [9.17, 15) is 47.9 Å². The van der Waals surface area contributed by atoms with E-state index in [1.807, 2.05) is 0 Å². The number of primary amides is 1. The van der Waals surface area contributed by atoms with Gasteiger partial charge in [0.2, 0.25) is 35.4 Å². The number of esters is 3. The molecule has 0 aromatic carbocycles. The summed E-state index contributed by atoms with van der Waals surface area (Å²) in [5.41, 5.74) is 2.41. The number of hydrogen-bond acceptors (Lipinski definition) is 13. The van der Waals surface area contributed by atoms with Crippen molar-refractivity contribution in [2.24, 2.45) is 11.7 Å². The summed E-state index contributed by atoms with van der Waals surface area (Å²) in [4.78, 5) is 128. The zero-order chi connectivity index (χ0) is 44.6. The number of carbonyl (C=O) groups is 10. The van der Waals surface area contributed by atoms with Gasteiger partial charge in [-0.1, -0.05) is 13.8 Å². The van der Waals surface area contributed by atoms with Gasteiger partial charge in [-0.25, -0.2) is 0 Å². The lowest BCUT2D eigenvalue weighted by atomic mass is 10.0. The van der Waals surface area contributed by atoms with Crippen LogP contribution in [-0.4, -0.2) is 111 Å². The van der Waals surface area contributed by atoms with Gasteiger partial charge < -0.3 is 51.6 Å². The van der Waals surface area contributed by atoms with E-state index in [1.54, 1.807) is 76.2 Å². The first-order valence-corrected chi connectivity index (χ1v) is 18.5. The highest BCUT2D eigenvalue weighted by molar-refractivity contribution is 5.98. The Labute approximate surface area is 333 Å². The predicted octanol–water partition coefficient (Wildman–Crippen LogP) is 0.0219. The van der Waals surface area contributed by atoms with Crippen molar-refractivity contribution in [2.75, 3.05) is 0 Å². The Morgan fingerprint density at radius 3 is 1.35 bits per heavy atom. The fourth-order valence-corrected chi connectivity index (χ4v) is 4.64. The van der Waals surface area contributed by atoms with Gasteiger partial charge in [-0.3, -0.25) is 47.9 Å². The van der Waals surface area contributed by atoms with E-state index in [1.165, 1.54) is 6.92 Å². The van der Waals surface area contributed by atoms with Gasteiger partial charge in [-0.15, -0.1) is 0 Å². The van der Waals surface area contributed by atoms with Gasteiger partial charge in [0.25, 0.3) is 0 Å². The second kappa shape index (κ2) is 22.4. The van der Waals surface area contributed by atoms with Gasteiger partial charge in [-0.2, -0.15) is 0 Å². The third-order valence-corrected chi connectivity index (χ3v) is 7.15. The number of nitrogens with one attached hydrogen (secondary N) is 5. The Hall–Kier alpha value is -5.30. The number of ether oxygens (including phenoxy) is 3. The number of nitrogens with two attached hydrogens (primary N) is 1. The molecule has 0 spiro atoms. The molecule has 0 fully saturated rings. The highest BCUT2D eigenvalue weighted by Crippen LogP contribution is 2.14. The minimum absolute atomic E-state index is 0.403. The van der Waals surface area contributed by atoms with Gasteiger partial charge in [0.05, 0.1) is 19.3 Å². The average molecular weight is 815 g/mol. The highest BCUT2D eigenvalue weighted by Gasteiger charge is 2.36. The summed E-state index contributed by atoms with van der Waals surface area (Å²) in [5, 5.41) is 20.9. The first kappa shape index (κ1) is 51.7. The minimum Gasteiger partial charge on any atom is -0.481 e. The number of carboxylic acid groups (broad SMARTS) is 1. The van der Waals surface area contributed by atoms with Crippen LogP contribution >= 0.6 is 0 Å². The van der Waals surface area contributed by atoms with Crippen molar-refractivity contribution in [2.45, 2.75) is 169 Å². The van der Waals surface area contributed by atoms with Crippen LogP contribution in [0, 0.1) is 5.92 Å². The van der Waals surface area contributed by atoms with Gasteiger partial charge in [0.1, 0.15) is 47.0 Å². The van der Waals surface area contributed by atoms with E-state index in [2.05, 4.69) is 26.6 Å². The van der Waals surface area contributed by atoms with Crippen molar-refractivity contribution in [1.29, 1.82) is 0 Å². The van der Waals surface area contributed by atoms with Crippen LogP contribution in [0.5, 0.6) is 0 Å². The monoisotopic (exact) mass is 814 g/mol. The Morgan fingerprint density at radius 1 is 0.526 bits per heavy atom. The van der Waals surface area contributed by atoms with Crippen LogP contribution < -0.4 is 32.3 Å². The zero-order valence-corrected chi connectivity index (χ0v) is 35.0. The summed E-state index contributed by atoms with van der Waals surface area (Å²) in [7, 11) is 0. The molecule has 0 aromatic heterocycles. The third kappa shape index (κ3) is 23.4. The quantitative estimate of drug-likeness (QED) is 0.0594. The maximum absolute atomic E-state index is 13.9. The fourth-order valence-electron chi connectivity index (χ4n) is 4.64. The second-order valence-corrected chi connectivity index (χ2v) is 16.7. The van der Waals surface area contributed by atoms with Crippen LogP contribution in [0.4, 0.5) is 0 Å². The molecule has 0 saturated carbocycles. The van der Waals surface area contributed by atoms with Crippen LogP contribution in [0.25, 0.3) is 0 Å². The van der Waals surface area contributed by atoms with Crippen molar-refractivity contribution < 1.29 is 67.3 Å². The molecule has 20 heteroatoms. The average Bonchev–Trinajstić information content (AvgIpc) is 3.00. The van der Waals surface area contributed by atoms with Gasteiger partial charge in [0.15, 0.2) is 0 Å². The zero-order valence-electron chi connectivity index (χ0n) is 35.0. The van der Waals surface area contributed by atoms with Crippen molar-refractivity contribution >= 4 is 59.3 Å². The number of hydrogen-bond donors (Lipinski definition) is 7. The van der Waals surface area contributed by atoms with E-state index < -0.39 is 151 Å². The molecule has 5 atom stereocenters. The van der Waals surface area contributed by atoms with Crippen LogP contribution in [0.1, 0.15) is 122 Å². The molecule has 0 heterocycles. The molecule has 0 aliphatic heterocycles. The largest absolute Gasteiger partial charge is 0.481 e. The van der Waals surface area contributed by atoms with Gasteiger partial charge in [0, 0.05) is 12.8 Å². The van der Waals surface area contributed by atoms with E-state index in [4.69, 9.17) is 25.1 Å². The molecule has 0 rings (SSSR count). The van der Waals surface area contributed by atoms with Crippen LogP contribution in [0.2, 0.25) is 0 Å². The highest BCUT2D eigenvalue weighted by atomic mass is 16.6. The van der Waals surface area contributed by atoms with E-state index in [-0.39, 0.29) is 0 Å². The summed E-state index contributed by atoms with van der Waals surface area (Å²) >= 11 is 0. The molecule has 0 aliphatic rings. The molecule has 8 N–H and O–H groups in total. The molecule has 0 saturated heterocycles. The number of aliphatic carboxylic acids is 1. The summed E-state index contributed by atoms with van der Waals surface area (Å²) < 4.78 is 15.9. The number of amides is 6. The van der Waals surface area contributed by atoms with Crippen molar-refractivity contribution in [1.82, 2.24) is 26.6 Å². The lowest BCUT2D eigenvalue weighted by Crippen LogP contribution is -2.60. The molecule has 0 aliphatic carbocycles. The van der Waals surface area contributed by atoms with Gasteiger partial charge in [-0.05, 0) is 81.6 Å². The van der Waals surface area contributed by atoms with Crippen molar-refractivity contribution in [3.8, 4) is 0 Å². The Bertz CT molecular complexity index is 1490. The molecular formula is C37H62N6O14. The van der Waals surface area contributed by atoms with Crippen molar-refractivity contribution in [3.05, 3.63) is 0 Å². The van der Waals surface area contributed by atoms with Crippen LogP contribution in [-0.2, 0) is 62.2 Å². The standard InChI is InChI=1S/C37H62N6O14/c1-19(2)29(34(54)42-23(18-28(49)57-37(10,11)12)32(52)39-20(3)30(38)50)43-31(51)21(13-16-26(47)55-35(4,5)6)41-33(53)22(17-27(48)56-36(7,8)9)40-24(44)14-15-25(45)46/h19-23,29H,13-18H2,1-12H3,(H2,38,50)(H,39,52)(H,40,44)(H,41,53)(H,42,54)(H,43,51)(H,45,46)/t20-,21+,22+,23+,29+/m1/s1. The normalized spacial score (nSPS) is 14.3. The summed E-state index contributed by atoms with van der Waals surface area (Å²) in [5.74, 6) is -10.3. The molecule has 6 amide bonds. The molecule has 20 nitrogen and oxygen atoms in total. The number of rotatable bonds is 21. The lowest BCUT2D eigenvalue weighted by Gasteiger charge is -2.29. The molecule has 57 heavy (non-hydrogen) atoms. The Balaban J connectivity index is 6.65. The molecule has 324 valence electrons. The molecule has 0 unspecified atom stereocenters. The number of carboxylic acids is 1. The first-order valence-electron chi connectivity index (χ1n) is 18.5. The van der Waals surface area contributed by atoms with E-state index in [0.29, 0.717) is 0 Å². The van der Waals surface area contributed by atoms with E-state index >= 15 is 0 Å². The third-order valence-electron chi connectivity index (χ3n) is 7.15. The topological polar surface area (TPSA) is 305 Å². The molecular weight excluding hydrogens is 752 g/mol. The number of carbonyl (C=O) groups excluding carboxylic acids is 9. The summed E-state index contributed by atoms with van der Waals surface area (Å²) in [6.07, 6.45) is -3.36. The Kier molecular flexibility index (Phi) is 20.4. The summed E-state index contributed by atoms with van der Waals surface area (Å²) in [6.45, 7) is 18.7. The second-order valence-electron chi connectivity index (χ2n) is 16.7. The van der Waals surface area contributed by atoms with Crippen molar-refractivity contribution in [3.63, 3.8) is 0 Å². The predicted molar refractivity (Wildman–Crippen MR) is 202 cm³/mol.